The van der Waals surface area contributed by atoms with Crippen molar-refractivity contribution in [1.29, 1.82) is 0 Å². The Labute approximate surface area is 185 Å². The molecule has 2 aliphatic heterocycles. The van der Waals surface area contributed by atoms with Crippen molar-refractivity contribution < 1.29 is 9.59 Å². The van der Waals surface area contributed by atoms with Gasteiger partial charge in [-0.15, -0.1) is 0 Å². The van der Waals surface area contributed by atoms with Gasteiger partial charge in [0, 0.05) is 24.9 Å². The maximum Gasteiger partial charge on any atom is 0.220 e. The molecule has 2 aliphatic rings. The summed E-state index contributed by atoms with van der Waals surface area (Å²) in [5.41, 5.74) is 0. The van der Waals surface area contributed by atoms with Crippen molar-refractivity contribution in [1.82, 2.24) is 10.6 Å². The average molecular weight is 421 g/mol. The van der Waals surface area contributed by atoms with E-state index in [9.17, 15) is 9.59 Å². The van der Waals surface area contributed by atoms with Gasteiger partial charge in [-0.2, -0.15) is 0 Å². The van der Waals surface area contributed by atoms with Crippen molar-refractivity contribution in [3.05, 3.63) is 0 Å². The van der Waals surface area contributed by atoms with Crippen LogP contribution >= 0.6 is 0 Å². The highest BCUT2D eigenvalue weighted by Gasteiger charge is 2.18. The fraction of sp³-hybridized carbons (Fsp3) is 0.923. The van der Waals surface area contributed by atoms with Crippen molar-refractivity contribution in [3.63, 3.8) is 0 Å². The maximum atomic E-state index is 12.4. The molecule has 0 aromatic rings. The van der Waals surface area contributed by atoms with E-state index in [1.807, 2.05) is 0 Å². The minimum atomic E-state index is 0.234. The third-order valence-electron chi connectivity index (χ3n) is 7.01. The molecule has 2 N–H and O–H groups in total. The molecule has 0 radical (unpaired) electrons. The van der Waals surface area contributed by atoms with E-state index in [1.54, 1.807) is 0 Å². The summed E-state index contributed by atoms with van der Waals surface area (Å²) in [5.74, 6) is 0.469. The van der Waals surface area contributed by atoms with E-state index in [2.05, 4.69) is 10.6 Å². The topological polar surface area (TPSA) is 58.2 Å². The number of rotatable bonds is 3. The van der Waals surface area contributed by atoms with Crippen LogP contribution in [0.3, 0.4) is 0 Å². The number of amides is 2. The molecule has 0 saturated carbocycles. The molecule has 0 aliphatic carbocycles. The molecule has 30 heavy (non-hydrogen) atoms. The van der Waals surface area contributed by atoms with Gasteiger partial charge >= 0.3 is 0 Å². The lowest BCUT2D eigenvalue weighted by Gasteiger charge is -2.24. The Bertz CT molecular complexity index is 424. The Balaban J connectivity index is 1.83. The molecule has 2 atom stereocenters. The summed E-state index contributed by atoms with van der Waals surface area (Å²) < 4.78 is 0. The van der Waals surface area contributed by atoms with Crippen molar-refractivity contribution in [2.24, 2.45) is 0 Å². The maximum absolute atomic E-state index is 12.4. The molecule has 0 bridgehead atoms. The lowest BCUT2D eigenvalue weighted by Crippen LogP contribution is -2.39. The average Bonchev–Trinajstić information content (AvgIpc) is 2.76. The van der Waals surface area contributed by atoms with Gasteiger partial charge in [-0.1, -0.05) is 89.9 Å². The number of carbonyl (C=O) groups is 2. The van der Waals surface area contributed by atoms with Crippen LogP contribution in [-0.2, 0) is 9.59 Å². The zero-order valence-corrected chi connectivity index (χ0v) is 19.5. The van der Waals surface area contributed by atoms with Crippen LogP contribution in [0.1, 0.15) is 141 Å². The molecule has 2 saturated heterocycles. The third-order valence-corrected chi connectivity index (χ3v) is 7.01. The molecule has 174 valence electrons. The predicted octanol–water partition coefficient (Wildman–Crippen LogP) is 6.57. The van der Waals surface area contributed by atoms with E-state index in [1.165, 1.54) is 89.9 Å². The number of nitrogens with one attached hydrogen (secondary N) is 2. The van der Waals surface area contributed by atoms with Gasteiger partial charge in [-0.05, 0) is 38.5 Å². The van der Waals surface area contributed by atoms with Gasteiger partial charge in [0.15, 0.2) is 0 Å². The normalized spacial score (nSPS) is 27.6. The first-order valence-electron chi connectivity index (χ1n) is 13.3. The summed E-state index contributed by atoms with van der Waals surface area (Å²) in [6.45, 7) is 0. The predicted molar refractivity (Wildman–Crippen MR) is 125 cm³/mol. The van der Waals surface area contributed by atoms with E-state index in [-0.39, 0.29) is 23.9 Å². The van der Waals surface area contributed by atoms with E-state index < -0.39 is 0 Å². The first kappa shape index (κ1) is 25.2. The second-order valence-corrected chi connectivity index (χ2v) is 9.84. The van der Waals surface area contributed by atoms with E-state index >= 15 is 0 Å². The van der Waals surface area contributed by atoms with Gasteiger partial charge in [0.05, 0.1) is 0 Å². The second-order valence-electron chi connectivity index (χ2n) is 9.84. The molecule has 2 fully saturated rings. The van der Waals surface area contributed by atoms with Gasteiger partial charge in [0.25, 0.3) is 0 Å². The van der Waals surface area contributed by atoms with Gasteiger partial charge in [0.2, 0.25) is 11.8 Å². The molecule has 2 heterocycles. The Hall–Kier alpha value is -1.06. The summed E-state index contributed by atoms with van der Waals surface area (Å²) in [4.78, 5) is 24.8. The standard InChI is InChI=1S/C26H48N2O2/c29-25-19-15-11-7-3-1-5-9-13-17-23(27-25)21-22-24-18-14-10-6-2-4-8-12-16-20-26(30)28-24/h23-24H,1-22H2,(H,27,29)(H,28,30). The van der Waals surface area contributed by atoms with Crippen LogP contribution in [0.15, 0.2) is 0 Å². The first-order valence-corrected chi connectivity index (χ1v) is 13.3. The second kappa shape index (κ2) is 16.6. The highest BCUT2D eigenvalue weighted by molar-refractivity contribution is 5.76. The van der Waals surface area contributed by atoms with Crippen LogP contribution in [-0.4, -0.2) is 23.9 Å². The molecule has 4 heteroatoms. The minimum Gasteiger partial charge on any atom is -0.353 e. The van der Waals surface area contributed by atoms with E-state index in [0.29, 0.717) is 12.8 Å². The fourth-order valence-electron chi connectivity index (χ4n) is 5.05. The highest BCUT2D eigenvalue weighted by Crippen LogP contribution is 2.18. The van der Waals surface area contributed by atoms with Gasteiger partial charge in [-0.3, -0.25) is 9.59 Å². The molecule has 2 amide bonds. The van der Waals surface area contributed by atoms with Gasteiger partial charge < -0.3 is 10.6 Å². The molecular formula is C26H48N2O2. The minimum absolute atomic E-state index is 0.234. The number of carbonyl (C=O) groups excluding carboxylic acids is 2. The van der Waals surface area contributed by atoms with Crippen LogP contribution in [0, 0.1) is 0 Å². The monoisotopic (exact) mass is 420 g/mol. The van der Waals surface area contributed by atoms with Crippen LogP contribution in [0.5, 0.6) is 0 Å². The highest BCUT2D eigenvalue weighted by atomic mass is 16.2. The van der Waals surface area contributed by atoms with Crippen molar-refractivity contribution in [3.8, 4) is 0 Å². The number of hydrogen-bond acceptors (Lipinski definition) is 2. The molecule has 2 unspecified atom stereocenters. The van der Waals surface area contributed by atoms with E-state index in [0.717, 1.165) is 38.5 Å². The molecule has 0 spiro atoms. The quantitative estimate of drug-likeness (QED) is 0.543. The Morgan fingerprint density at radius 1 is 0.467 bits per heavy atom. The van der Waals surface area contributed by atoms with Crippen LogP contribution in [0.2, 0.25) is 0 Å². The Kier molecular flexibility index (Phi) is 14.0. The molecule has 0 aromatic heterocycles. The Morgan fingerprint density at radius 2 is 0.767 bits per heavy atom. The largest absolute Gasteiger partial charge is 0.353 e. The number of hydrogen-bond donors (Lipinski definition) is 2. The summed E-state index contributed by atoms with van der Waals surface area (Å²) in [6, 6.07) is 0.555. The van der Waals surface area contributed by atoms with Crippen LogP contribution in [0.4, 0.5) is 0 Å². The summed E-state index contributed by atoms with van der Waals surface area (Å²) in [5, 5.41) is 6.66. The summed E-state index contributed by atoms with van der Waals surface area (Å²) >= 11 is 0. The van der Waals surface area contributed by atoms with Crippen molar-refractivity contribution >= 4 is 11.8 Å². The van der Waals surface area contributed by atoms with Crippen molar-refractivity contribution in [2.75, 3.05) is 0 Å². The lowest BCUT2D eigenvalue weighted by molar-refractivity contribution is -0.123. The van der Waals surface area contributed by atoms with Gasteiger partial charge in [0.1, 0.15) is 0 Å². The molecule has 2 rings (SSSR count). The van der Waals surface area contributed by atoms with Crippen molar-refractivity contribution in [2.45, 2.75) is 153 Å². The zero-order valence-electron chi connectivity index (χ0n) is 19.5. The lowest BCUT2D eigenvalue weighted by atomic mass is 9.96. The summed E-state index contributed by atoms with van der Waals surface area (Å²) in [7, 11) is 0. The first-order chi connectivity index (χ1) is 14.7. The summed E-state index contributed by atoms with van der Waals surface area (Å²) in [6.07, 6.45) is 25.5. The Morgan fingerprint density at radius 3 is 1.13 bits per heavy atom. The van der Waals surface area contributed by atoms with Crippen LogP contribution < -0.4 is 10.6 Å². The third kappa shape index (κ3) is 12.6. The SMILES string of the molecule is O=C1CCCCCCCCCCC(CCC2CCCCCCCCCCC(=O)N2)N1. The van der Waals surface area contributed by atoms with E-state index in [4.69, 9.17) is 0 Å². The fourth-order valence-corrected chi connectivity index (χ4v) is 5.05. The molecule has 0 aromatic carbocycles. The molecule has 4 nitrogen and oxygen atoms in total. The molecular weight excluding hydrogens is 372 g/mol. The van der Waals surface area contributed by atoms with Crippen LogP contribution in [0.25, 0.3) is 0 Å². The smallest absolute Gasteiger partial charge is 0.220 e. The van der Waals surface area contributed by atoms with Gasteiger partial charge in [-0.25, -0.2) is 0 Å². The zero-order chi connectivity index (χ0) is 21.3.